The van der Waals surface area contributed by atoms with Crippen molar-refractivity contribution in [2.24, 2.45) is 5.92 Å². The molecular formula is C16H21ClN2O. The second-order valence-electron chi connectivity index (χ2n) is 6.01. The molecule has 0 amide bonds. The number of benzene rings is 1. The lowest BCUT2D eigenvalue weighted by atomic mass is 9.84. The molecule has 2 fully saturated rings. The Hall–Kier alpha value is -1.06. The molecule has 2 atom stereocenters. The number of nitrogens with zero attached hydrogens (tertiary/aromatic N) is 2. The van der Waals surface area contributed by atoms with Crippen LogP contribution in [0.3, 0.4) is 0 Å². The van der Waals surface area contributed by atoms with Gasteiger partial charge in [-0.1, -0.05) is 11.6 Å². The van der Waals surface area contributed by atoms with Gasteiger partial charge in [-0.15, -0.1) is 0 Å². The number of fused-ring (bicyclic) bond motifs is 1. The van der Waals surface area contributed by atoms with E-state index in [9.17, 15) is 4.79 Å². The molecular weight excluding hydrogens is 272 g/mol. The molecule has 20 heavy (non-hydrogen) atoms. The Labute approximate surface area is 125 Å². The molecule has 3 rings (SSSR count). The summed E-state index contributed by atoms with van der Waals surface area (Å²) in [6.45, 7) is 3.41. The van der Waals surface area contributed by atoms with Gasteiger partial charge in [0.2, 0.25) is 0 Å². The van der Waals surface area contributed by atoms with Crippen molar-refractivity contribution in [2.45, 2.75) is 25.3 Å². The zero-order valence-electron chi connectivity index (χ0n) is 11.9. The zero-order chi connectivity index (χ0) is 14.1. The molecule has 0 aromatic heterocycles. The molecule has 1 aromatic rings. The van der Waals surface area contributed by atoms with E-state index in [1.165, 1.54) is 25.8 Å². The first kappa shape index (κ1) is 13.9. The number of carbonyl (C=O) groups is 1. The van der Waals surface area contributed by atoms with E-state index in [1.807, 2.05) is 18.2 Å². The summed E-state index contributed by atoms with van der Waals surface area (Å²) in [7, 11) is 2.25. The Morgan fingerprint density at radius 2 is 2.15 bits per heavy atom. The normalized spacial score (nSPS) is 27.2. The molecule has 0 bridgehead atoms. The van der Waals surface area contributed by atoms with Crippen LogP contribution in [-0.2, 0) is 0 Å². The van der Waals surface area contributed by atoms with E-state index in [4.69, 9.17) is 11.6 Å². The average molecular weight is 293 g/mol. The van der Waals surface area contributed by atoms with Gasteiger partial charge in [-0.05, 0) is 57.0 Å². The van der Waals surface area contributed by atoms with Crippen LogP contribution in [0.15, 0.2) is 18.2 Å². The lowest BCUT2D eigenvalue weighted by molar-refractivity contribution is 0.102. The minimum atomic E-state index is 0.556. The van der Waals surface area contributed by atoms with Crippen LogP contribution >= 0.6 is 11.6 Å². The smallest absolute Gasteiger partial charge is 0.151 e. The molecule has 3 nitrogen and oxygen atoms in total. The first-order valence-electron chi connectivity index (χ1n) is 7.39. The van der Waals surface area contributed by atoms with Gasteiger partial charge in [0, 0.05) is 30.4 Å². The van der Waals surface area contributed by atoms with Crippen molar-refractivity contribution in [3.05, 3.63) is 28.8 Å². The molecule has 4 heteroatoms. The van der Waals surface area contributed by atoms with Gasteiger partial charge in [0.15, 0.2) is 6.29 Å². The van der Waals surface area contributed by atoms with Gasteiger partial charge < -0.3 is 9.80 Å². The Balaban J connectivity index is 1.76. The first-order valence-corrected chi connectivity index (χ1v) is 7.77. The Kier molecular flexibility index (Phi) is 3.99. The average Bonchev–Trinajstić information content (AvgIpc) is 2.47. The summed E-state index contributed by atoms with van der Waals surface area (Å²) in [5, 5.41) is 0.556. The van der Waals surface area contributed by atoms with Gasteiger partial charge in [-0.3, -0.25) is 4.79 Å². The molecule has 108 valence electrons. The van der Waals surface area contributed by atoms with Gasteiger partial charge in [0.05, 0.1) is 5.02 Å². The highest BCUT2D eigenvalue weighted by atomic mass is 35.5. The second-order valence-corrected chi connectivity index (χ2v) is 6.42. The molecule has 2 aliphatic heterocycles. The summed E-state index contributed by atoms with van der Waals surface area (Å²) in [6.07, 6.45) is 4.66. The van der Waals surface area contributed by atoms with Crippen LogP contribution in [0.2, 0.25) is 5.02 Å². The highest BCUT2D eigenvalue weighted by Gasteiger charge is 2.34. The van der Waals surface area contributed by atoms with Crippen molar-refractivity contribution in [2.75, 3.05) is 31.6 Å². The number of likely N-dealkylation sites (tertiary alicyclic amines) is 1. The fraction of sp³-hybridized carbons (Fsp3) is 0.562. The molecule has 0 aliphatic carbocycles. The maximum atomic E-state index is 10.8. The van der Waals surface area contributed by atoms with Crippen LogP contribution in [0, 0.1) is 5.92 Å². The number of aldehydes is 1. The Morgan fingerprint density at radius 1 is 1.30 bits per heavy atom. The van der Waals surface area contributed by atoms with Crippen molar-refractivity contribution >= 4 is 23.6 Å². The summed E-state index contributed by atoms with van der Waals surface area (Å²) in [6, 6.07) is 6.51. The summed E-state index contributed by atoms with van der Waals surface area (Å²) < 4.78 is 0. The van der Waals surface area contributed by atoms with Crippen LogP contribution in [0.5, 0.6) is 0 Å². The van der Waals surface area contributed by atoms with Gasteiger partial charge in [0.25, 0.3) is 0 Å². The zero-order valence-corrected chi connectivity index (χ0v) is 12.6. The van der Waals surface area contributed by atoms with Crippen molar-refractivity contribution in [1.29, 1.82) is 0 Å². The molecule has 2 heterocycles. The number of piperidine rings is 2. The van der Waals surface area contributed by atoms with Crippen LogP contribution in [0.4, 0.5) is 5.69 Å². The maximum absolute atomic E-state index is 10.8. The molecule has 0 saturated carbocycles. The van der Waals surface area contributed by atoms with E-state index in [0.717, 1.165) is 37.0 Å². The number of hydrogen-bond donors (Lipinski definition) is 0. The van der Waals surface area contributed by atoms with Gasteiger partial charge in [-0.2, -0.15) is 0 Å². The van der Waals surface area contributed by atoms with Crippen LogP contribution in [0.1, 0.15) is 29.6 Å². The predicted octanol–water partition coefficient (Wildman–Crippen LogP) is 3.07. The van der Waals surface area contributed by atoms with E-state index in [2.05, 4.69) is 16.8 Å². The van der Waals surface area contributed by atoms with Crippen LogP contribution < -0.4 is 4.90 Å². The quantitative estimate of drug-likeness (QED) is 0.783. The topological polar surface area (TPSA) is 23.6 Å². The SMILES string of the molecule is CN1CCCC2CN(c3ccc(C=O)c(Cl)c3)CCC21. The fourth-order valence-electron chi connectivity index (χ4n) is 3.70. The third-order valence-corrected chi connectivity index (χ3v) is 5.15. The predicted molar refractivity (Wildman–Crippen MR) is 82.8 cm³/mol. The number of carbonyl (C=O) groups excluding carboxylic acids is 1. The Morgan fingerprint density at radius 3 is 2.90 bits per heavy atom. The molecule has 2 saturated heterocycles. The largest absolute Gasteiger partial charge is 0.371 e. The molecule has 0 spiro atoms. The lowest BCUT2D eigenvalue weighted by Crippen LogP contribution is -2.52. The monoisotopic (exact) mass is 292 g/mol. The van der Waals surface area contributed by atoms with Crippen LogP contribution in [-0.4, -0.2) is 43.9 Å². The van der Waals surface area contributed by atoms with Crippen molar-refractivity contribution in [1.82, 2.24) is 4.90 Å². The standard InChI is InChI=1S/C16H21ClN2O/c1-18-7-2-3-12-10-19(8-6-16(12)18)14-5-4-13(11-20)15(17)9-14/h4-5,9,11-12,16H,2-3,6-8,10H2,1H3. The number of halogens is 1. The fourth-order valence-corrected chi connectivity index (χ4v) is 3.91. The number of hydrogen-bond acceptors (Lipinski definition) is 3. The van der Waals surface area contributed by atoms with Gasteiger partial charge in [-0.25, -0.2) is 0 Å². The van der Waals surface area contributed by atoms with E-state index < -0.39 is 0 Å². The highest BCUT2D eigenvalue weighted by Crippen LogP contribution is 2.33. The molecule has 2 aliphatic rings. The molecule has 2 unspecified atom stereocenters. The summed E-state index contributed by atoms with van der Waals surface area (Å²) in [4.78, 5) is 15.8. The number of anilines is 1. The van der Waals surface area contributed by atoms with E-state index >= 15 is 0 Å². The minimum absolute atomic E-state index is 0.556. The van der Waals surface area contributed by atoms with Crippen molar-refractivity contribution < 1.29 is 4.79 Å². The van der Waals surface area contributed by atoms with Crippen LogP contribution in [0.25, 0.3) is 0 Å². The summed E-state index contributed by atoms with van der Waals surface area (Å²) in [5.41, 5.74) is 1.72. The van der Waals surface area contributed by atoms with Gasteiger partial charge >= 0.3 is 0 Å². The Bertz CT molecular complexity index is 505. The third kappa shape index (κ3) is 2.57. The summed E-state index contributed by atoms with van der Waals surface area (Å²) in [5.74, 6) is 0.757. The third-order valence-electron chi connectivity index (χ3n) is 4.82. The van der Waals surface area contributed by atoms with E-state index in [0.29, 0.717) is 10.6 Å². The van der Waals surface area contributed by atoms with Gasteiger partial charge in [0.1, 0.15) is 0 Å². The lowest BCUT2D eigenvalue weighted by Gasteiger charge is -2.46. The van der Waals surface area contributed by atoms with E-state index in [1.54, 1.807) is 0 Å². The maximum Gasteiger partial charge on any atom is 0.151 e. The minimum Gasteiger partial charge on any atom is -0.371 e. The highest BCUT2D eigenvalue weighted by molar-refractivity contribution is 6.33. The first-order chi connectivity index (χ1) is 9.69. The number of rotatable bonds is 2. The molecule has 0 N–H and O–H groups in total. The second kappa shape index (κ2) is 5.74. The molecule has 0 radical (unpaired) electrons. The van der Waals surface area contributed by atoms with E-state index in [-0.39, 0.29) is 0 Å². The summed E-state index contributed by atoms with van der Waals surface area (Å²) >= 11 is 6.14. The van der Waals surface area contributed by atoms with Crippen molar-refractivity contribution in [3.8, 4) is 0 Å². The van der Waals surface area contributed by atoms with Crippen molar-refractivity contribution in [3.63, 3.8) is 0 Å². The molecule has 1 aromatic carbocycles.